The van der Waals surface area contributed by atoms with Crippen LogP contribution in [0.25, 0.3) is 0 Å². The van der Waals surface area contributed by atoms with E-state index in [1.165, 1.54) is 6.07 Å². The van der Waals surface area contributed by atoms with Gasteiger partial charge in [-0.15, -0.1) is 0 Å². The largest absolute Gasteiger partial charge is 0.370 e. The van der Waals surface area contributed by atoms with Crippen molar-refractivity contribution >= 4 is 17.3 Å². The zero-order valence-corrected chi connectivity index (χ0v) is 11.8. The molecule has 2 rings (SSSR count). The van der Waals surface area contributed by atoms with Crippen LogP contribution in [0.5, 0.6) is 0 Å². The number of unbranched alkanes of at least 4 members (excludes halogenated alkanes) is 1. The Morgan fingerprint density at radius 3 is 2.65 bits per heavy atom. The number of aromatic nitrogens is 2. The zero-order chi connectivity index (χ0) is 14.4. The van der Waals surface area contributed by atoms with Crippen molar-refractivity contribution < 1.29 is 4.39 Å². The molecule has 20 heavy (non-hydrogen) atoms. The number of benzene rings is 1. The maximum absolute atomic E-state index is 13.6. The van der Waals surface area contributed by atoms with Crippen LogP contribution in [-0.4, -0.2) is 16.5 Å². The maximum Gasteiger partial charge on any atom is 0.146 e. The van der Waals surface area contributed by atoms with Crippen LogP contribution in [-0.2, 0) is 0 Å². The number of nitrogens with one attached hydrogen (secondary N) is 2. The number of para-hydroxylation sites is 1. The maximum atomic E-state index is 13.6. The minimum atomic E-state index is -0.302. The lowest BCUT2D eigenvalue weighted by Crippen LogP contribution is -2.06. The molecule has 0 fully saturated rings. The van der Waals surface area contributed by atoms with E-state index in [2.05, 4.69) is 27.5 Å². The summed E-state index contributed by atoms with van der Waals surface area (Å²) < 4.78 is 13.6. The molecule has 2 aromatic rings. The fourth-order valence-electron chi connectivity index (χ4n) is 1.82. The molecule has 0 bridgehead atoms. The first-order valence-corrected chi connectivity index (χ1v) is 6.80. The molecule has 4 nitrogen and oxygen atoms in total. The highest BCUT2D eigenvalue weighted by Crippen LogP contribution is 2.19. The average molecular weight is 274 g/mol. The van der Waals surface area contributed by atoms with E-state index in [9.17, 15) is 4.39 Å². The Labute approximate surface area is 118 Å². The van der Waals surface area contributed by atoms with E-state index in [-0.39, 0.29) is 5.82 Å². The molecule has 0 aliphatic carbocycles. The lowest BCUT2D eigenvalue weighted by molar-refractivity contribution is 0.632. The van der Waals surface area contributed by atoms with Crippen molar-refractivity contribution in [3.05, 3.63) is 42.0 Å². The lowest BCUT2D eigenvalue weighted by Gasteiger charge is -2.10. The monoisotopic (exact) mass is 274 g/mol. The van der Waals surface area contributed by atoms with Crippen molar-refractivity contribution in [2.45, 2.75) is 26.7 Å². The number of hydrogen-bond acceptors (Lipinski definition) is 4. The third-order valence-electron chi connectivity index (χ3n) is 2.81. The molecule has 0 aliphatic rings. The molecule has 0 saturated heterocycles. The minimum Gasteiger partial charge on any atom is -0.370 e. The van der Waals surface area contributed by atoms with Gasteiger partial charge < -0.3 is 10.6 Å². The molecule has 0 unspecified atom stereocenters. The summed E-state index contributed by atoms with van der Waals surface area (Å²) in [5, 5.41) is 6.22. The van der Waals surface area contributed by atoms with Crippen LogP contribution >= 0.6 is 0 Å². The van der Waals surface area contributed by atoms with E-state index in [0.717, 1.165) is 25.2 Å². The van der Waals surface area contributed by atoms with E-state index in [1.54, 1.807) is 24.3 Å². The van der Waals surface area contributed by atoms with Gasteiger partial charge in [0.1, 0.15) is 23.3 Å². The lowest BCUT2D eigenvalue weighted by atomic mass is 10.3. The molecule has 1 heterocycles. The van der Waals surface area contributed by atoms with Crippen molar-refractivity contribution in [2.24, 2.45) is 0 Å². The van der Waals surface area contributed by atoms with Crippen molar-refractivity contribution in [2.75, 3.05) is 17.2 Å². The Morgan fingerprint density at radius 1 is 1.15 bits per heavy atom. The number of anilines is 3. The number of nitrogens with zero attached hydrogens (tertiary/aromatic N) is 2. The van der Waals surface area contributed by atoms with Gasteiger partial charge in [-0.2, -0.15) is 0 Å². The summed E-state index contributed by atoms with van der Waals surface area (Å²) in [5.41, 5.74) is 0.408. The standard InChI is InChI=1S/C15H19FN4/c1-3-4-9-17-14-10-15(19-11(2)18-14)20-13-8-6-5-7-12(13)16/h5-8,10H,3-4,9H2,1-2H3,(H2,17,18,19,20). The molecule has 0 atom stereocenters. The Hall–Kier alpha value is -2.17. The van der Waals surface area contributed by atoms with Gasteiger partial charge in [0.2, 0.25) is 0 Å². The predicted molar refractivity (Wildman–Crippen MR) is 79.8 cm³/mol. The van der Waals surface area contributed by atoms with E-state index in [1.807, 2.05) is 6.92 Å². The van der Waals surface area contributed by atoms with Crippen LogP contribution in [0.3, 0.4) is 0 Å². The summed E-state index contributed by atoms with van der Waals surface area (Å²) in [7, 11) is 0. The van der Waals surface area contributed by atoms with Gasteiger partial charge in [-0.3, -0.25) is 0 Å². The van der Waals surface area contributed by atoms with Gasteiger partial charge in [-0.05, 0) is 25.5 Å². The first-order valence-electron chi connectivity index (χ1n) is 6.80. The van der Waals surface area contributed by atoms with Gasteiger partial charge in [0, 0.05) is 12.6 Å². The third kappa shape index (κ3) is 3.91. The highest BCUT2D eigenvalue weighted by Gasteiger charge is 2.05. The molecule has 0 amide bonds. The topological polar surface area (TPSA) is 49.8 Å². The molecule has 1 aromatic carbocycles. The van der Waals surface area contributed by atoms with E-state index in [4.69, 9.17) is 0 Å². The van der Waals surface area contributed by atoms with Gasteiger partial charge >= 0.3 is 0 Å². The highest BCUT2D eigenvalue weighted by atomic mass is 19.1. The number of halogens is 1. The Bertz CT molecular complexity index is 572. The first-order chi connectivity index (χ1) is 9.69. The summed E-state index contributed by atoms with van der Waals surface area (Å²) in [6.45, 7) is 4.82. The van der Waals surface area contributed by atoms with E-state index >= 15 is 0 Å². The molecule has 1 aromatic heterocycles. The zero-order valence-electron chi connectivity index (χ0n) is 11.8. The van der Waals surface area contributed by atoms with Crippen molar-refractivity contribution in [1.82, 2.24) is 9.97 Å². The first kappa shape index (κ1) is 14.2. The highest BCUT2D eigenvalue weighted by molar-refractivity contribution is 5.59. The number of hydrogen-bond donors (Lipinski definition) is 2. The van der Waals surface area contributed by atoms with Crippen LogP contribution < -0.4 is 10.6 Å². The quantitative estimate of drug-likeness (QED) is 0.785. The molecule has 0 radical (unpaired) electrons. The smallest absolute Gasteiger partial charge is 0.146 e. The summed E-state index contributed by atoms with van der Waals surface area (Å²) in [4.78, 5) is 8.58. The Morgan fingerprint density at radius 2 is 1.90 bits per heavy atom. The van der Waals surface area contributed by atoms with Crippen molar-refractivity contribution in [3.63, 3.8) is 0 Å². The van der Waals surface area contributed by atoms with Crippen LogP contribution in [0.1, 0.15) is 25.6 Å². The summed E-state index contributed by atoms with van der Waals surface area (Å²) in [5.74, 6) is 1.68. The third-order valence-corrected chi connectivity index (χ3v) is 2.81. The van der Waals surface area contributed by atoms with Crippen LogP contribution in [0.2, 0.25) is 0 Å². The summed E-state index contributed by atoms with van der Waals surface area (Å²) in [6, 6.07) is 8.31. The molecule has 0 aliphatic heterocycles. The number of aryl methyl sites for hydroxylation is 1. The van der Waals surface area contributed by atoms with Gasteiger partial charge in [-0.1, -0.05) is 25.5 Å². The summed E-state index contributed by atoms with van der Waals surface area (Å²) >= 11 is 0. The molecule has 106 valence electrons. The Balaban J connectivity index is 2.13. The summed E-state index contributed by atoms with van der Waals surface area (Å²) in [6.07, 6.45) is 2.20. The van der Waals surface area contributed by atoms with Gasteiger partial charge in [0.25, 0.3) is 0 Å². The molecule has 0 saturated carbocycles. The van der Waals surface area contributed by atoms with Crippen LogP contribution in [0, 0.1) is 12.7 Å². The van der Waals surface area contributed by atoms with Crippen LogP contribution in [0.15, 0.2) is 30.3 Å². The van der Waals surface area contributed by atoms with Crippen molar-refractivity contribution in [3.8, 4) is 0 Å². The second kappa shape index (κ2) is 6.84. The fourth-order valence-corrected chi connectivity index (χ4v) is 1.82. The molecular weight excluding hydrogens is 255 g/mol. The average Bonchev–Trinajstić information content (AvgIpc) is 2.41. The van der Waals surface area contributed by atoms with E-state index in [0.29, 0.717) is 17.3 Å². The second-order valence-electron chi connectivity index (χ2n) is 4.57. The van der Waals surface area contributed by atoms with Gasteiger partial charge in [0.15, 0.2) is 0 Å². The van der Waals surface area contributed by atoms with Crippen molar-refractivity contribution in [1.29, 1.82) is 0 Å². The SMILES string of the molecule is CCCCNc1cc(Nc2ccccc2F)nc(C)n1. The Kier molecular flexibility index (Phi) is 4.87. The van der Waals surface area contributed by atoms with E-state index < -0.39 is 0 Å². The second-order valence-corrected chi connectivity index (χ2v) is 4.57. The molecule has 2 N–H and O–H groups in total. The number of rotatable bonds is 6. The predicted octanol–water partition coefficient (Wildman–Crippen LogP) is 3.88. The molecule has 0 spiro atoms. The molecule has 5 heteroatoms. The van der Waals surface area contributed by atoms with Gasteiger partial charge in [-0.25, -0.2) is 14.4 Å². The minimum absolute atomic E-state index is 0.302. The van der Waals surface area contributed by atoms with Crippen LogP contribution in [0.4, 0.5) is 21.7 Å². The normalized spacial score (nSPS) is 10.3. The molecular formula is C15H19FN4. The van der Waals surface area contributed by atoms with Gasteiger partial charge in [0.05, 0.1) is 5.69 Å². The fraction of sp³-hybridized carbons (Fsp3) is 0.333.